The van der Waals surface area contributed by atoms with Gasteiger partial charge in [0.15, 0.2) is 0 Å². The van der Waals surface area contributed by atoms with E-state index >= 15 is 0 Å². The topological polar surface area (TPSA) is 58.2 Å². The molecule has 0 heterocycles. The van der Waals surface area contributed by atoms with Gasteiger partial charge < -0.3 is 5.32 Å². The van der Waals surface area contributed by atoms with Gasteiger partial charge in [0.2, 0.25) is 10.0 Å². The van der Waals surface area contributed by atoms with Gasteiger partial charge in [-0.25, -0.2) is 13.1 Å². The quantitative estimate of drug-likeness (QED) is 0.617. The van der Waals surface area contributed by atoms with Gasteiger partial charge >= 0.3 is 0 Å². The summed E-state index contributed by atoms with van der Waals surface area (Å²) in [5.41, 5.74) is 1.25. The Labute approximate surface area is 129 Å². The fourth-order valence-corrected chi connectivity index (χ4v) is 3.33. The Kier molecular flexibility index (Phi) is 8.57. The highest BCUT2D eigenvalue weighted by atomic mass is 32.2. The molecule has 2 N–H and O–H groups in total. The van der Waals surface area contributed by atoms with Gasteiger partial charge in [-0.05, 0) is 43.8 Å². The van der Waals surface area contributed by atoms with Crippen molar-refractivity contribution in [1.29, 1.82) is 0 Å². The van der Waals surface area contributed by atoms with Crippen LogP contribution in [0, 0.1) is 0 Å². The smallest absolute Gasteiger partial charge is 0.211 e. The summed E-state index contributed by atoms with van der Waals surface area (Å²) >= 11 is 0. The number of benzene rings is 1. The van der Waals surface area contributed by atoms with E-state index in [1.807, 2.05) is 25.1 Å². The Morgan fingerprint density at radius 3 is 2.48 bits per heavy atom. The lowest BCUT2D eigenvalue weighted by atomic mass is 9.98. The molecule has 1 unspecified atom stereocenters. The monoisotopic (exact) mass is 312 g/mol. The first-order valence-electron chi connectivity index (χ1n) is 7.78. The maximum absolute atomic E-state index is 11.8. The van der Waals surface area contributed by atoms with Gasteiger partial charge in [0.05, 0.1) is 5.75 Å². The third-order valence-electron chi connectivity index (χ3n) is 3.53. The number of rotatable bonds is 11. The minimum absolute atomic E-state index is 0.220. The van der Waals surface area contributed by atoms with Crippen molar-refractivity contribution < 1.29 is 8.42 Å². The van der Waals surface area contributed by atoms with Crippen molar-refractivity contribution in [3.63, 3.8) is 0 Å². The summed E-state index contributed by atoms with van der Waals surface area (Å²) in [4.78, 5) is 0. The molecule has 0 fully saturated rings. The third-order valence-corrected chi connectivity index (χ3v) is 5.00. The van der Waals surface area contributed by atoms with E-state index < -0.39 is 10.0 Å². The van der Waals surface area contributed by atoms with Gasteiger partial charge in [0, 0.05) is 6.54 Å². The van der Waals surface area contributed by atoms with E-state index in [0.717, 1.165) is 25.9 Å². The fourth-order valence-electron chi connectivity index (χ4n) is 2.17. The standard InChI is InChI=1S/C16H28N2O2S/c1-3-17-12-7-8-14-21(19,20)18-13-11-15(2)16-9-5-4-6-10-16/h4-6,9-10,15,17-18H,3,7-8,11-14H2,1-2H3. The van der Waals surface area contributed by atoms with E-state index in [9.17, 15) is 8.42 Å². The number of hydrogen-bond donors (Lipinski definition) is 2. The van der Waals surface area contributed by atoms with E-state index in [0.29, 0.717) is 18.9 Å². The SMILES string of the molecule is CCNCCCCS(=O)(=O)NCCC(C)c1ccccc1. The van der Waals surface area contributed by atoms with E-state index in [1.165, 1.54) is 5.56 Å². The Hall–Kier alpha value is -0.910. The lowest BCUT2D eigenvalue weighted by molar-refractivity contribution is 0.566. The molecule has 5 heteroatoms. The van der Waals surface area contributed by atoms with E-state index in [4.69, 9.17) is 0 Å². The average Bonchev–Trinajstić information content (AvgIpc) is 2.47. The molecule has 0 aromatic heterocycles. The average molecular weight is 312 g/mol. The molecular weight excluding hydrogens is 284 g/mol. The van der Waals surface area contributed by atoms with Crippen LogP contribution >= 0.6 is 0 Å². The van der Waals surface area contributed by atoms with Crippen molar-refractivity contribution >= 4 is 10.0 Å². The molecule has 0 amide bonds. The number of hydrogen-bond acceptors (Lipinski definition) is 3. The van der Waals surface area contributed by atoms with Gasteiger partial charge in [0.1, 0.15) is 0 Å². The minimum atomic E-state index is -3.12. The number of nitrogens with one attached hydrogen (secondary N) is 2. The van der Waals surface area contributed by atoms with Crippen LogP contribution in [0.25, 0.3) is 0 Å². The molecule has 1 aromatic rings. The Morgan fingerprint density at radius 1 is 1.10 bits per heavy atom. The van der Waals surface area contributed by atoms with Crippen molar-refractivity contribution in [3.05, 3.63) is 35.9 Å². The molecular formula is C16H28N2O2S. The number of sulfonamides is 1. The summed E-state index contributed by atoms with van der Waals surface area (Å²) in [6.45, 7) is 6.50. The zero-order chi connectivity index (χ0) is 15.6. The van der Waals surface area contributed by atoms with Crippen LogP contribution in [-0.4, -0.2) is 33.8 Å². The van der Waals surface area contributed by atoms with Gasteiger partial charge in [0.25, 0.3) is 0 Å². The van der Waals surface area contributed by atoms with Gasteiger partial charge in [-0.1, -0.05) is 44.2 Å². The van der Waals surface area contributed by atoms with Crippen LogP contribution in [0.2, 0.25) is 0 Å². The molecule has 1 atom stereocenters. The zero-order valence-corrected chi connectivity index (χ0v) is 14.0. The second kappa shape index (κ2) is 9.92. The fraction of sp³-hybridized carbons (Fsp3) is 0.625. The third kappa shape index (κ3) is 8.19. The van der Waals surface area contributed by atoms with Crippen LogP contribution in [-0.2, 0) is 10.0 Å². The van der Waals surface area contributed by atoms with Crippen molar-refractivity contribution in [2.24, 2.45) is 0 Å². The van der Waals surface area contributed by atoms with Crippen LogP contribution in [0.1, 0.15) is 44.6 Å². The van der Waals surface area contributed by atoms with Crippen LogP contribution in [0.3, 0.4) is 0 Å². The molecule has 0 aliphatic carbocycles. The van der Waals surface area contributed by atoms with Gasteiger partial charge in [-0.2, -0.15) is 0 Å². The molecule has 0 saturated carbocycles. The molecule has 0 radical (unpaired) electrons. The van der Waals surface area contributed by atoms with Crippen molar-refractivity contribution in [2.75, 3.05) is 25.4 Å². The van der Waals surface area contributed by atoms with Crippen LogP contribution < -0.4 is 10.0 Å². The maximum atomic E-state index is 11.8. The van der Waals surface area contributed by atoms with Crippen molar-refractivity contribution in [2.45, 2.75) is 39.0 Å². The zero-order valence-electron chi connectivity index (χ0n) is 13.1. The predicted octanol–water partition coefficient (Wildman–Crippen LogP) is 2.49. The largest absolute Gasteiger partial charge is 0.317 e. The Bertz CT molecular complexity index is 474. The lowest BCUT2D eigenvalue weighted by Crippen LogP contribution is -2.28. The first-order chi connectivity index (χ1) is 10.0. The number of unbranched alkanes of at least 4 members (excludes halogenated alkanes) is 1. The molecule has 0 bridgehead atoms. The summed E-state index contributed by atoms with van der Waals surface area (Å²) in [6.07, 6.45) is 2.42. The summed E-state index contributed by atoms with van der Waals surface area (Å²) in [6, 6.07) is 10.2. The molecule has 4 nitrogen and oxygen atoms in total. The Morgan fingerprint density at radius 2 is 1.81 bits per heavy atom. The lowest BCUT2D eigenvalue weighted by Gasteiger charge is -2.12. The highest BCUT2D eigenvalue weighted by Crippen LogP contribution is 2.17. The Balaban J connectivity index is 2.21. The highest BCUT2D eigenvalue weighted by molar-refractivity contribution is 7.89. The first-order valence-corrected chi connectivity index (χ1v) is 9.43. The second-order valence-corrected chi connectivity index (χ2v) is 7.30. The summed E-state index contributed by atoms with van der Waals surface area (Å²) in [5, 5.41) is 3.20. The molecule has 0 saturated heterocycles. The molecule has 1 rings (SSSR count). The molecule has 0 aliphatic heterocycles. The second-order valence-electron chi connectivity index (χ2n) is 5.37. The normalized spacial score (nSPS) is 13.2. The van der Waals surface area contributed by atoms with Crippen molar-refractivity contribution in [3.8, 4) is 0 Å². The van der Waals surface area contributed by atoms with Crippen LogP contribution in [0.4, 0.5) is 0 Å². The van der Waals surface area contributed by atoms with E-state index in [2.05, 4.69) is 29.1 Å². The maximum Gasteiger partial charge on any atom is 0.211 e. The van der Waals surface area contributed by atoms with Crippen LogP contribution in [0.5, 0.6) is 0 Å². The predicted molar refractivity (Wildman–Crippen MR) is 89.0 cm³/mol. The van der Waals surface area contributed by atoms with Crippen LogP contribution in [0.15, 0.2) is 30.3 Å². The molecule has 120 valence electrons. The summed E-state index contributed by atoms with van der Waals surface area (Å²) in [7, 11) is -3.12. The summed E-state index contributed by atoms with van der Waals surface area (Å²) in [5.74, 6) is 0.584. The minimum Gasteiger partial charge on any atom is -0.317 e. The van der Waals surface area contributed by atoms with Gasteiger partial charge in [-0.3, -0.25) is 0 Å². The van der Waals surface area contributed by atoms with Gasteiger partial charge in [-0.15, -0.1) is 0 Å². The van der Waals surface area contributed by atoms with E-state index in [-0.39, 0.29) is 5.75 Å². The first kappa shape index (κ1) is 18.1. The van der Waals surface area contributed by atoms with Crippen molar-refractivity contribution in [1.82, 2.24) is 10.0 Å². The molecule has 1 aromatic carbocycles. The molecule has 0 spiro atoms. The highest BCUT2D eigenvalue weighted by Gasteiger charge is 2.11. The molecule has 21 heavy (non-hydrogen) atoms. The summed E-state index contributed by atoms with van der Waals surface area (Å²) < 4.78 is 26.4. The van der Waals surface area contributed by atoms with E-state index in [1.54, 1.807) is 0 Å². The molecule has 0 aliphatic rings.